The minimum absolute atomic E-state index is 0.149. The summed E-state index contributed by atoms with van der Waals surface area (Å²) in [5.74, 6) is 0.981. The van der Waals surface area contributed by atoms with Crippen LogP contribution in [0.5, 0.6) is 0 Å². The normalized spacial score (nSPS) is 12.7. The van der Waals surface area contributed by atoms with Crippen molar-refractivity contribution in [3.63, 3.8) is 0 Å². The van der Waals surface area contributed by atoms with E-state index in [1.807, 2.05) is 6.26 Å². The van der Waals surface area contributed by atoms with Gasteiger partial charge >= 0.3 is 0 Å². The standard InChI is InChI=1S/C10H21NO2S/c1-3-4-5-7-13-11-10(9-12)6-8-14-2/h9-11H,3-8H2,1-2H3/t10-/m0/s1. The van der Waals surface area contributed by atoms with Crippen LogP contribution in [0.1, 0.15) is 32.6 Å². The van der Waals surface area contributed by atoms with Gasteiger partial charge in [-0.15, -0.1) is 0 Å². The highest BCUT2D eigenvalue weighted by atomic mass is 32.2. The quantitative estimate of drug-likeness (QED) is 0.346. The van der Waals surface area contributed by atoms with Crippen molar-refractivity contribution in [1.82, 2.24) is 5.48 Å². The maximum Gasteiger partial charge on any atom is 0.139 e. The second-order valence-electron chi connectivity index (χ2n) is 3.20. The van der Waals surface area contributed by atoms with Crippen LogP contribution in [0.3, 0.4) is 0 Å². The molecule has 1 atom stereocenters. The number of carbonyl (C=O) groups is 1. The predicted octanol–water partition coefficient (Wildman–Crippen LogP) is 2.02. The third-order valence-electron chi connectivity index (χ3n) is 1.88. The van der Waals surface area contributed by atoms with Crippen molar-refractivity contribution in [3.05, 3.63) is 0 Å². The van der Waals surface area contributed by atoms with Crippen LogP contribution < -0.4 is 5.48 Å². The number of hydroxylamine groups is 1. The zero-order valence-electron chi connectivity index (χ0n) is 9.12. The molecule has 0 bridgehead atoms. The minimum atomic E-state index is -0.149. The Morgan fingerprint density at radius 3 is 2.86 bits per heavy atom. The summed E-state index contributed by atoms with van der Waals surface area (Å²) in [6, 6.07) is -0.149. The lowest BCUT2D eigenvalue weighted by Gasteiger charge is -2.11. The molecule has 0 unspecified atom stereocenters. The largest absolute Gasteiger partial charge is 0.302 e. The van der Waals surface area contributed by atoms with E-state index in [0.717, 1.165) is 24.9 Å². The molecule has 0 aromatic heterocycles. The van der Waals surface area contributed by atoms with Crippen LogP contribution in [0.25, 0.3) is 0 Å². The van der Waals surface area contributed by atoms with E-state index in [1.165, 1.54) is 12.8 Å². The Morgan fingerprint density at radius 1 is 1.50 bits per heavy atom. The summed E-state index contributed by atoms with van der Waals surface area (Å²) in [4.78, 5) is 15.8. The van der Waals surface area contributed by atoms with Crippen molar-refractivity contribution < 1.29 is 9.63 Å². The fourth-order valence-corrected chi connectivity index (χ4v) is 1.48. The Balaban J connectivity index is 3.28. The maximum absolute atomic E-state index is 10.6. The number of carbonyl (C=O) groups excluding carboxylic acids is 1. The molecule has 0 saturated carbocycles. The molecule has 0 radical (unpaired) electrons. The Kier molecular flexibility index (Phi) is 11.0. The van der Waals surface area contributed by atoms with Gasteiger partial charge in [0.1, 0.15) is 6.29 Å². The molecule has 4 heteroatoms. The van der Waals surface area contributed by atoms with E-state index < -0.39 is 0 Å². The van der Waals surface area contributed by atoms with Gasteiger partial charge in [0.05, 0.1) is 12.6 Å². The molecule has 0 fully saturated rings. The fourth-order valence-electron chi connectivity index (χ4n) is 0.990. The molecular formula is C10H21NO2S. The van der Waals surface area contributed by atoms with Gasteiger partial charge in [-0.1, -0.05) is 19.8 Å². The highest BCUT2D eigenvalue weighted by molar-refractivity contribution is 7.98. The zero-order valence-corrected chi connectivity index (χ0v) is 9.94. The van der Waals surface area contributed by atoms with E-state index in [9.17, 15) is 4.79 Å². The van der Waals surface area contributed by atoms with Gasteiger partial charge in [-0.3, -0.25) is 0 Å². The number of rotatable bonds is 10. The maximum atomic E-state index is 10.6. The van der Waals surface area contributed by atoms with Crippen LogP contribution >= 0.6 is 11.8 Å². The van der Waals surface area contributed by atoms with E-state index in [0.29, 0.717) is 6.61 Å². The number of unbranched alkanes of at least 4 members (excludes halogenated alkanes) is 2. The average molecular weight is 219 g/mol. The van der Waals surface area contributed by atoms with Crippen LogP contribution in [-0.4, -0.2) is 30.9 Å². The number of nitrogens with one attached hydrogen (secondary N) is 1. The van der Waals surface area contributed by atoms with Crippen molar-refractivity contribution >= 4 is 18.0 Å². The lowest BCUT2D eigenvalue weighted by molar-refractivity contribution is -0.113. The predicted molar refractivity (Wildman–Crippen MR) is 61.5 cm³/mol. The van der Waals surface area contributed by atoms with Crippen LogP contribution in [0.2, 0.25) is 0 Å². The molecule has 1 N–H and O–H groups in total. The molecule has 0 rings (SSSR count). The van der Waals surface area contributed by atoms with Gasteiger partial charge in [-0.25, -0.2) is 0 Å². The highest BCUT2D eigenvalue weighted by Gasteiger charge is 2.05. The molecule has 0 aliphatic rings. The molecule has 0 aliphatic carbocycles. The second kappa shape index (κ2) is 11.0. The van der Waals surface area contributed by atoms with E-state index in [1.54, 1.807) is 11.8 Å². The number of hydrogen-bond acceptors (Lipinski definition) is 4. The topological polar surface area (TPSA) is 38.3 Å². The van der Waals surface area contributed by atoms with Crippen LogP contribution in [-0.2, 0) is 9.63 Å². The van der Waals surface area contributed by atoms with E-state index in [2.05, 4.69) is 12.4 Å². The molecule has 0 spiro atoms. The van der Waals surface area contributed by atoms with Crippen molar-refractivity contribution in [3.8, 4) is 0 Å². The summed E-state index contributed by atoms with van der Waals surface area (Å²) >= 11 is 1.74. The third kappa shape index (κ3) is 8.53. The lowest BCUT2D eigenvalue weighted by Crippen LogP contribution is -2.31. The molecule has 14 heavy (non-hydrogen) atoms. The van der Waals surface area contributed by atoms with Gasteiger partial charge in [-0.2, -0.15) is 17.2 Å². The van der Waals surface area contributed by atoms with Gasteiger partial charge < -0.3 is 9.63 Å². The van der Waals surface area contributed by atoms with Crippen LogP contribution in [0.4, 0.5) is 0 Å². The molecule has 0 aromatic rings. The molecule has 0 saturated heterocycles. The Bertz CT molecular complexity index is 133. The van der Waals surface area contributed by atoms with Crippen molar-refractivity contribution in [2.45, 2.75) is 38.6 Å². The summed E-state index contributed by atoms with van der Waals surface area (Å²) in [6.07, 6.45) is 7.20. The third-order valence-corrected chi connectivity index (χ3v) is 2.53. The smallest absolute Gasteiger partial charge is 0.139 e. The average Bonchev–Trinajstić information content (AvgIpc) is 2.22. The monoisotopic (exact) mass is 219 g/mol. The summed E-state index contributed by atoms with van der Waals surface area (Å²) < 4.78 is 0. The van der Waals surface area contributed by atoms with Crippen LogP contribution in [0.15, 0.2) is 0 Å². The van der Waals surface area contributed by atoms with Crippen molar-refractivity contribution in [2.75, 3.05) is 18.6 Å². The molecule has 3 nitrogen and oxygen atoms in total. The Hall–Kier alpha value is -0.0600. The van der Waals surface area contributed by atoms with Gasteiger partial charge in [0.15, 0.2) is 0 Å². The Morgan fingerprint density at radius 2 is 2.29 bits per heavy atom. The first-order chi connectivity index (χ1) is 6.85. The minimum Gasteiger partial charge on any atom is -0.302 e. The van der Waals surface area contributed by atoms with Gasteiger partial charge in [0.25, 0.3) is 0 Å². The lowest BCUT2D eigenvalue weighted by atomic mass is 10.3. The molecule has 0 heterocycles. The van der Waals surface area contributed by atoms with Crippen molar-refractivity contribution in [1.29, 1.82) is 0 Å². The van der Waals surface area contributed by atoms with Gasteiger partial charge in [0, 0.05) is 0 Å². The first kappa shape index (κ1) is 13.9. The molecule has 84 valence electrons. The second-order valence-corrected chi connectivity index (χ2v) is 4.18. The molecule has 0 aromatic carbocycles. The van der Waals surface area contributed by atoms with Gasteiger partial charge in [0.2, 0.25) is 0 Å². The first-order valence-corrected chi connectivity index (χ1v) is 6.56. The number of hydrogen-bond donors (Lipinski definition) is 1. The summed E-state index contributed by atoms with van der Waals surface area (Å²) in [6.45, 7) is 2.84. The zero-order chi connectivity index (χ0) is 10.6. The molecule has 0 aliphatic heterocycles. The van der Waals surface area contributed by atoms with Crippen LogP contribution in [0, 0.1) is 0 Å². The van der Waals surface area contributed by atoms with Gasteiger partial charge in [-0.05, 0) is 24.9 Å². The van der Waals surface area contributed by atoms with E-state index in [4.69, 9.17) is 4.84 Å². The summed E-state index contributed by atoms with van der Waals surface area (Å²) in [5.41, 5.74) is 2.78. The van der Waals surface area contributed by atoms with Crippen molar-refractivity contribution in [2.24, 2.45) is 0 Å². The first-order valence-electron chi connectivity index (χ1n) is 5.16. The number of aldehydes is 1. The summed E-state index contributed by atoms with van der Waals surface area (Å²) in [7, 11) is 0. The number of thioether (sulfide) groups is 1. The summed E-state index contributed by atoms with van der Waals surface area (Å²) in [5, 5.41) is 0. The highest BCUT2D eigenvalue weighted by Crippen LogP contribution is 1.99. The fraction of sp³-hybridized carbons (Fsp3) is 0.900. The molecule has 0 amide bonds. The Labute approximate surface area is 90.9 Å². The van der Waals surface area contributed by atoms with E-state index in [-0.39, 0.29) is 6.04 Å². The molecular weight excluding hydrogens is 198 g/mol. The van der Waals surface area contributed by atoms with E-state index >= 15 is 0 Å². The SMILES string of the molecule is CCCCCON[C@H](C=O)CCSC.